The van der Waals surface area contributed by atoms with Crippen LogP contribution in [0.1, 0.15) is 30.4 Å². The Hall–Kier alpha value is -1.03. The summed E-state index contributed by atoms with van der Waals surface area (Å²) < 4.78 is 6.22. The van der Waals surface area contributed by atoms with Crippen LogP contribution in [0.15, 0.2) is 16.6 Å². The van der Waals surface area contributed by atoms with E-state index in [4.69, 9.17) is 9.84 Å². The van der Waals surface area contributed by atoms with Gasteiger partial charge in [0.2, 0.25) is 0 Å². The average Bonchev–Trinajstić information content (AvgIpc) is 3.01. The van der Waals surface area contributed by atoms with Crippen molar-refractivity contribution in [3.8, 4) is 5.75 Å². The molecule has 0 atom stereocenters. The highest BCUT2D eigenvalue weighted by molar-refractivity contribution is 9.10. The van der Waals surface area contributed by atoms with Gasteiger partial charge in [0.05, 0.1) is 13.5 Å². The van der Waals surface area contributed by atoms with Gasteiger partial charge in [-0.25, -0.2) is 0 Å². The molecular weight excluding hydrogens is 284 g/mol. The Morgan fingerprint density at radius 2 is 2.18 bits per heavy atom. The minimum absolute atomic E-state index is 0.174. The van der Waals surface area contributed by atoms with Crippen LogP contribution in [0, 0.1) is 6.92 Å². The molecule has 0 unspecified atom stereocenters. The van der Waals surface area contributed by atoms with Gasteiger partial charge in [-0.05, 0) is 43.0 Å². The summed E-state index contributed by atoms with van der Waals surface area (Å²) in [6, 6.07) is 3.88. The number of methoxy groups -OCH3 is 1. The first-order valence-corrected chi connectivity index (χ1v) is 6.34. The normalized spacial score (nSPS) is 16.6. The van der Waals surface area contributed by atoms with Crippen molar-refractivity contribution in [2.75, 3.05) is 7.11 Å². The van der Waals surface area contributed by atoms with Crippen LogP contribution in [0.25, 0.3) is 0 Å². The first-order chi connectivity index (χ1) is 7.98. The molecular formula is C13H15BrO3. The summed E-state index contributed by atoms with van der Waals surface area (Å²) in [5, 5.41) is 8.99. The van der Waals surface area contributed by atoms with Gasteiger partial charge >= 0.3 is 5.97 Å². The third-order valence-corrected chi connectivity index (χ3v) is 4.29. The maximum absolute atomic E-state index is 10.9. The Morgan fingerprint density at radius 1 is 1.53 bits per heavy atom. The predicted molar refractivity (Wildman–Crippen MR) is 68.6 cm³/mol. The molecule has 1 aliphatic carbocycles. The lowest BCUT2D eigenvalue weighted by molar-refractivity contribution is -0.137. The van der Waals surface area contributed by atoms with Gasteiger partial charge in [0.25, 0.3) is 0 Å². The Kier molecular flexibility index (Phi) is 3.17. The fraction of sp³-hybridized carbons (Fsp3) is 0.462. The van der Waals surface area contributed by atoms with E-state index >= 15 is 0 Å². The number of benzene rings is 1. The number of halogens is 1. The van der Waals surface area contributed by atoms with Gasteiger partial charge in [-0.15, -0.1) is 0 Å². The molecule has 1 aromatic rings. The van der Waals surface area contributed by atoms with Crippen molar-refractivity contribution < 1.29 is 14.6 Å². The van der Waals surface area contributed by atoms with Crippen molar-refractivity contribution in [3.05, 3.63) is 27.7 Å². The number of rotatable bonds is 4. The second-order valence-electron chi connectivity index (χ2n) is 4.63. The van der Waals surface area contributed by atoms with Crippen LogP contribution in [0.4, 0.5) is 0 Å². The van der Waals surface area contributed by atoms with Crippen molar-refractivity contribution in [1.29, 1.82) is 0 Å². The van der Waals surface area contributed by atoms with E-state index in [1.807, 2.05) is 19.1 Å². The molecule has 2 rings (SSSR count). The molecule has 92 valence electrons. The average molecular weight is 299 g/mol. The number of aliphatic carboxylic acids is 1. The molecule has 0 aromatic heterocycles. The van der Waals surface area contributed by atoms with Crippen molar-refractivity contribution in [3.63, 3.8) is 0 Å². The SMILES string of the molecule is COc1cc(Br)c(C)c(C2(CC(=O)O)CC2)c1. The predicted octanol–water partition coefficient (Wildman–Crippen LogP) is 3.27. The largest absolute Gasteiger partial charge is 0.497 e. The molecule has 3 nitrogen and oxygen atoms in total. The fourth-order valence-corrected chi connectivity index (χ4v) is 2.74. The molecule has 0 heterocycles. The van der Waals surface area contributed by atoms with E-state index in [-0.39, 0.29) is 11.8 Å². The van der Waals surface area contributed by atoms with Crippen LogP contribution >= 0.6 is 15.9 Å². The Bertz CT molecular complexity index is 464. The van der Waals surface area contributed by atoms with Gasteiger partial charge in [0, 0.05) is 9.89 Å². The molecule has 1 N–H and O–H groups in total. The zero-order valence-corrected chi connectivity index (χ0v) is 11.5. The molecule has 0 bridgehead atoms. The van der Waals surface area contributed by atoms with E-state index in [2.05, 4.69) is 15.9 Å². The van der Waals surface area contributed by atoms with Gasteiger partial charge < -0.3 is 9.84 Å². The Morgan fingerprint density at radius 3 is 2.65 bits per heavy atom. The molecule has 1 saturated carbocycles. The summed E-state index contributed by atoms with van der Waals surface area (Å²) in [5.74, 6) is 0.0370. The number of hydrogen-bond donors (Lipinski definition) is 1. The highest BCUT2D eigenvalue weighted by Crippen LogP contribution is 2.53. The van der Waals surface area contributed by atoms with E-state index in [1.54, 1.807) is 7.11 Å². The zero-order chi connectivity index (χ0) is 12.6. The van der Waals surface area contributed by atoms with Crippen LogP contribution in [0.2, 0.25) is 0 Å². The van der Waals surface area contributed by atoms with Crippen LogP contribution in [-0.4, -0.2) is 18.2 Å². The number of carboxylic acids is 1. The summed E-state index contributed by atoms with van der Waals surface area (Å²) >= 11 is 3.50. The van der Waals surface area contributed by atoms with Crippen molar-refractivity contribution in [1.82, 2.24) is 0 Å². The molecule has 0 radical (unpaired) electrons. The molecule has 17 heavy (non-hydrogen) atoms. The number of carbonyl (C=O) groups is 1. The molecule has 4 heteroatoms. The quantitative estimate of drug-likeness (QED) is 0.928. The van der Waals surface area contributed by atoms with Gasteiger partial charge in [0.1, 0.15) is 5.75 Å². The van der Waals surface area contributed by atoms with Crippen molar-refractivity contribution in [2.24, 2.45) is 0 Å². The summed E-state index contributed by atoms with van der Waals surface area (Å²) in [5.41, 5.74) is 2.04. The lowest BCUT2D eigenvalue weighted by Crippen LogP contribution is -2.14. The second kappa shape index (κ2) is 4.33. The van der Waals surface area contributed by atoms with Gasteiger partial charge in [-0.1, -0.05) is 15.9 Å². The summed E-state index contributed by atoms with van der Waals surface area (Å²) in [6.07, 6.45) is 2.09. The molecule has 1 aliphatic rings. The van der Waals surface area contributed by atoms with E-state index in [0.29, 0.717) is 0 Å². The standard InChI is InChI=1S/C13H15BrO3/c1-8-10(5-9(17-2)6-11(8)14)13(3-4-13)7-12(15)16/h5-6H,3-4,7H2,1-2H3,(H,15,16). The van der Waals surface area contributed by atoms with Crippen LogP contribution in [-0.2, 0) is 10.2 Å². The van der Waals surface area contributed by atoms with Crippen LogP contribution in [0.3, 0.4) is 0 Å². The summed E-state index contributed by atoms with van der Waals surface area (Å²) in [4.78, 5) is 10.9. The highest BCUT2D eigenvalue weighted by Gasteiger charge is 2.47. The lowest BCUT2D eigenvalue weighted by atomic mass is 9.89. The van der Waals surface area contributed by atoms with Gasteiger partial charge in [-0.2, -0.15) is 0 Å². The number of carboxylic acid groups (broad SMARTS) is 1. The smallest absolute Gasteiger partial charge is 0.304 e. The first-order valence-electron chi connectivity index (χ1n) is 5.55. The summed E-state index contributed by atoms with van der Waals surface area (Å²) in [7, 11) is 1.62. The molecule has 0 saturated heterocycles. The lowest BCUT2D eigenvalue weighted by Gasteiger charge is -2.18. The maximum atomic E-state index is 10.9. The van der Waals surface area contributed by atoms with Crippen LogP contribution in [0.5, 0.6) is 5.75 Å². The highest BCUT2D eigenvalue weighted by atomic mass is 79.9. The Balaban J connectivity index is 2.44. The Labute approximate surface area is 109 Å². The zero-order valence-electron chi connectivity index (χ0n) is 9.92. The number of ether oxygens (including phenoxy) is 1. The van der Waals surface area contributed by atoms with Crippen LogP contribution < -0.4 is 4.74 Å². The fourth-order valence-electron chi connectivity index (χ4n) is 2.30. The van der Waals surface area contributed by atoms with Crippen molar-refractivity contribution >= 4 is 21.9 Å². The van der Waals surface area contributed by atoms with E-state index < -0.39 is 5.97 Å². The van der Waals surface area contributed by atoms with Gasteiger partial charge in [-0.3, -0.25) is 4.79 Å². The van der Waals surface area contributed by atoms with Crippen molar-refractivity contribution in [2.45, 2.75) is 31.6 Å². The second-order valence-corrected chi connectivity index (χ2v) is 5.49. The first kappa shape index (κ1) is 12.4. The third kappa shape index (κ3) is 2.32. The molecule has 1 aromatic carbocycles. The molecule has 0 aliphatic heterocycles. The van der Waals surface area contributed by atoms with E-state index in [0.717, 1.165) is 34.2 Å². The van der Waals surface area contributed by atoms with E-state index in [9.17, 15) is 4.79 Å². The minimum Gasteiger partial charge on any atom is -0.497 e. The molecule has 1 fully saturated rings. The molecule has 0 spiro atoms. The minimum atomic E-state index is -0.735. The van der Waals surface area contributed by atoms with E-state index in [1.165, 1.54) is 0 Å². The monoisotopic (exact) mass is 298 g/mol. The maximum Gasteiger partial charge on any atom is 0.304 e. The van der Waals surface area contributed by atoms with Gasteiger partial charge in [0.15, 0.2) is 0 Å². The third-order valence-electron chi connectivity index (χ3n) is 3.47. The molecule has 0 amide bonds. The number of hydrogen-bond acceptors (Lipinski definition) is 2. The topological polar surface area (TPSA) is 46.5 Å². The summed E-state index contributed by atoms with van der Waals surface area (Å²) in [6.45, 7) is 2.01.